The predicted octanol–water partition coefficient (Wildman–Crippen LogP) is 2.12. The molecule has 2 aliphatic rings. The molecule has 1 N–H and O–H groups in total. The highest BCUT2D eigenvalue weighted by atomic mass is 16.5. The van der Waals surface area contributed by atoms with Gasteiger partial charge in [0.15, 0.2) is 0 Å². The summed E-state index contributed by atoms with van der Waals surface area (Å²) in [6.45, 7) is 9.20. The molecule has 3 nitrogen and oxygen atoms in total. The SMILES string of the molecule is COCC(CNC1CC1)N1CCC(C(C)C)CC1. The molecule has 0 spiro atoms. The van der Waals surface area contributed by atoms with E-state index in [9.17, 15) is 0 Å². The highest BCUT2D eigenvalue weighted by Crippen LogP contribution is 2.26. The van der Waals surface area contributed by atoms with Gasteiger partial charge in [-0.15, -0.1) is 0 Å². The monoisotopic (exact) mass is 254 g/mol. The van der Waals surface area contributed by atoms with Gasteiger partial charge in [0.2, 0.25) is 0 Å². The average molecular weight is 254 g/mol. The molecule has 1 aliphatic carbocycles. The lowest BCUT2D eigenvalue weighted by Crippen LogP contribution is -2.49. The van der Waals surface area contributed by atoms with E-state index in [-0.39, 0.29) is 0 Å². The Morgan fingerprint density at radius 3 is 2.33 bits per heavy atom. The minimum absolute atomic E-state index is 0.573. The molecule has 0 aromatic carbocycles. The summed E-state index contributed by atoms with van der Waals surface area (Å²) in [6, 6.07) is 1.38. The molecule has 1 aliphatic heterocycles. The van der Waals surface area contributed by atoms with Gasteiger partial charge in [0.1, 0.15) is 0 Å². The Kier molecular flexibility index (Phi) is 5.46. The van der Waals surface area contributed by atoms with Gasteiger partial charge in [-0.05, 0) is 50.6 Å². The van der Waals surface area contributed by atoms with Crippen LogP contribution in [-0.4, -0.2) is 50.3 Å². The van der Waals surface area contributed by atoms with Crippen LogP contribution in [-0.2, 0) is 4.74 Å². The minimum atomic E-state index is 0.573. The molecule has 18 heavy (non-hydrogen) atoms. The summed E-state index contributed by atoms with van der Waals surface area (Å²) >= 11 is 0. The number of nitrogens with zero attached hydrogens (tertiary/aromatic N) is 1. The van der Waals surface area contributed by atoms with Crippen molar-refractivity contribution in [1.82, 2.24) is 10.2 Å². The molecular formula is C15H30N2O. The van der Waals surface area contributed by atoms with Crippen molar-refractivity contribution in [3.05, 3.63) is 0 Å². The second-order valence-electron chi connectivity index (χ2n) is 6.41. The summed E-state index contributed by atoms with van der Waals surface area (Å²) in [5.41, 5.74) is 0. The number of piperidine rings is 1. The number of rotatable bonds is 7. The fourth-order valence-corrected chi connectivity index (χ4v) is 3.03. The summed E-state index contributed by atoms with van der Waals surface area (Å²) in [4.78, 5) is 2.64. The first-order valence-corrected chi connectivity index (χ1v) is 7.67. The van der Waals surface area contributed by atoms with Gasteiger partial charge in [-0.25, -0.2) is 0 Å². The van der Waals surface area contributed by atoms with Gasteiger partial charge in [0, 0.05) is 25.7 Å². The lowest BCUT2D eigenvalue weighted by atomic mass is 9.86. The van der Waals surface area contributed by atoms with Gasteiger partial charge >= 0.3 is 0 Å². The Bertz CT molecular complexity index is 233. The fourth-order valence-electron chi connectivity index (χ4n) is 3.03. The van der Waals surface area contributed by atoms with E-state index in [1.807, 2.05) is 7.11 Å². The maximum absolute atomic E-state index is 5.40. The summed E-state index contributed by atoms with van der Waals surface area (Å²) < 4.78 is 5.40. The van der Waals surface area contributed by atoms with E-state index in [1.54, 1.807) is 0 Å². The van der Waals surface area contributed by atoms with Crippen molar-refractivity contribution < 1.29 is 4.74 Å². The zero-order valence-electron chi connectivity index (χ0n) is 12.3. The van der Waals surface area contributed by atoms with Gasteiger partial charge in [0.25, 0.3) is 0 Å². The lowest BCUT2D eigenvalue weighted by Gasteiger charge is -2.38. The summed E-state index contributed by atoms with van der Waals surface area (Å²) in [5, 5.41) is 3.65. The second-order valence-corrected chi connectivity index (χ2v) is 6.41. The smallest absolute Gasteiger partial charge is 0.0630 e. The standard InChI is InChI=1S/C15H30N2O/c1-12(2)13-6-8-17(9-7-13)15(11-18-3)10-16-14-4-5-14/h12-16H,4-11H2,1-3H3. The van der Waals surface area contributed by atoms with Crippen molar-refractivity contribution in [2.75, 3.05) is 33.4 Å². The predicted molar refractivity (Wildman–Crippen MR) is 75.8 cm³/mol. The molecule has 0 bridgehead atoms. The fraction of sp³-hybridized carbons (Fsp3) is 1.00. The number of hydrogen-bond acceptors (Lipinski definition) is 3. The van der Waals surface area contributed by atoms with E-state index in [1.165, 1.54) is 38.8 Å². The van der Waals surface area contributed by atoms with E-state index in [0.29, 0.717) is 6.04 Å². The zero-order chi connectivity index (χ0) is 13.0. The molecule has 0 radical (unpaired) electrons. The van der Waals surface area contributed by atoms with Crippen LogP contribution < -0.4 is 5.32 Å². The Labute approximate surface area is 112 Å². The van der Waals surface area contributed by atoms with Crippen LogP contribution >= 0.6 is 0 Å². The van der Waals surface area contributed by atoms with Gasteiger partial charge in [-0.3, -0.25) is 4.90 Å². The number of methoxy groups -OCH3 is 1. The molecule has 0 aromatic heterocycles. The first-order valence-electron chi connectivity index (χ1n) is 7.67. The number of ether oxygens (including phenoxy) is 1. The van der Waals surface area contributed by atoms with Gasteiger partial charge in [0.05, 0.1) is 6.61 Å². The largest absolute Gasteiger partial charge is 0.383 e. The Morgan fingerprint density at radius 1 is 1.17 bits per heavy atom. The third-order valence-corrected chi connectivity index (χ3v) is 4.61. The molecule has 0 amide bonds. The van der Waals surface area contributed by atoms with Gasteiger partial charge in [-0.2, -0.15) is 0 Å². The molecule has 1 atom stereocenters. The Hall–Kier alpha value is -0.120. The highest BCUT2D eigenvalue weighted by Gasteiger charge is 2.28. The first-order chi connectivity index (χ1) is 8.70. The average Bonchev–Trinajstić information content (AvgIpc) is 3.18. The van der Waals surface area contributed by atoms with Crippen molar-refractivity contribution in [3.63, 3.8) is 0 Å². The van der Waals surface area contributed by atoms with E-state index >= 15 is 0 Å². The zero-order valence-corrected chi connectivity index (χ0v) is 12.3. The van der Waals surface area contributed by atoms with Gasteiger partial charge in [-0.1, -0.05) is 13.8 Å². The summed E-state index contributed by atoms with van der Waals surface area (Å²) in [6.07, 6.45) is 5.47. The quantitative estimate of drug-likeness (QED) is 0.753. The number of hydrogen-bond donors (Lipinski definition) is 1. The molecular weight excluding hydrogens is 224 g/mol. The maximum atomic E-state index is 5.40. The van der Waals surface area contributed by atoms with Crippen LogP contribution in [0.15, 0.2) is 0 Å². The number of likely N-dealkylation sites (tertiary alicyclic amines) is 1. The minimum Gasteiger partial charge on any atom is -0.383 e. The van der Waals surface area contributed by atoms with Crippen molar-refractivity contribution in [2.45, 2.75) is 51.6 Å². The van der Waals surface area contributed by atoms with E-state index in [4.69, 9.17) is 4.74 Å². The molecule has 2 rings (SSSR count). The van der Waals surface area contributed by atoms with Crippen molar-refractivity contribution in [3.8, 4) is 0 Å². The van der Waals surface area contributed by atoms with Crippen LogP contribution in [0.2, 0.25) is 0 Å². The molecule has 1 heterocycles. The molecule has 1 saturated carbocycles. The van der Waals surface area contributed by atoms with E-state index < -0.39 is 0 Å². The molecule has 1 unspecified atom stereocenters. The van der Waals surface area contributed by atoms with E-state index in [2.05, 4.69) is 24.1 Å². The third-order valence-electron chi connectivity index (χ3n) is 4.61. The molecule has 0 aromatic rings. The number of nitrogens with one attached hydrogen (secondary N) is 1. The van der Waals surface area contributed by atoms with Crippen molar-refractivity contribution in [1.29, 1.82) is 0 Å². The Balaban J connectivity index is 1.75. The van der Waals surface area contributed by atoms with Crippen LogP contribution in [0.5, 0.6) is 0 Å². The van der Waals surface area contributed by atoms with E-state index in [0.717, 1.165) is 31.0 Å². The molecule has 1 saturated heterocycles. The van der Waals surface area contributed by atoms with Crippen LogP contribution in [0, 0.1) is 11.8 Å². The van der Waals surface area contributed by atoms with Crippen LogP contribution in [0.25, 0.3) is 0 Å². The van der Waals surface area contributed by atoms with Gasteiger partial charge < -0.3 is 10.1 Å². The van der Waals surface area contributed by atoms with Crippen molar-refractivity contribution >= 4 is 0 Å². The highest BCUT2D eigenvalue weighted by molar-refractivity contribution is 4.86. The summed E-state index contributed by atoms with van der Waals surface area (Å²) in [5.74, 6) is 1.78. The second kappa shape index (κ2) is 6.88. The maximum Gasteiger partial charge on any atom is 0.0630 e. The normalized spacial score (nSPS) is 24.7. The Morgan fingerprint density at radius 2 is 1.83 bits per heavy atom. The molecule has 106 valence electrons. The first kappa shape index (κ1) is 14.3. The summed E-state index contributed by atoms with van der Waals surface area (Å²) in [7, 11) is 1.82. The lowest BCUT2D eigenvalue weighted by molar-refractivity contribution is 0.0574. The van der Waals surface area contributed by atoms with Crippen LogP contribution in [0.1, 0.15) is 39.5 Å². The van der Waals surface area contributed by atoms with Crippen molar-refractivity contribution in [2.24, 2.45) is 11.8 Å². The van der Waals surface area contributed by atoms with Crippen LogP contribution in [0.3, 0.4) is 0 Å². The molecule has 3 heteroatoms. The topological polar surface area (TPSA) is 24.5 Å². The van der Waals surface area contributed by atoms with Crippen LogP contribution in [0.4, 0.5) is 0 Å². The third kappa shape index (κ3) is 4.22. The molecule has 2 fully saturated rings.